The summed E-state index contributed by atoms with van der Waals surface area (Å²) in [6, 6.07) is 15.4. The number of anilines is 1. The SMILES string of the molecule is Cc1ccc(C)c(C(O)=C2C(=O)C(=O)N(c3nnc(SCc4ccc(Cl)cc4)s3)C2c2ccco2)c1. The highest BCUT2D eigenvalue weighted by Gasteiger charge is 2.49. The molecule has 2 aromatic heterocycles. The van der Waals surface area contributed by atoms with Crippen molar-refractivity contribution in [3.8, 4) is 0 Å². The van der Waals surface area contributed by atoms with Crippen LogP contribution in [-0.2, 0) is 15.3 Å². The fraction of sp³-hybridized carbons (Fsp3) is 0.154. The zero-order valence-electron chi connectivity index (χ0n) is 19.3. The van der Waals surface area contributed by atoms with Gasteiger partial charge in [0.2, 0.25) is 5.13 Å². The predicted octanol–water partition coefficient (Wildman–Crippen LogP) is 6.32. The number of halogens is 1. The standard InChI is InChI=1S/C26H20ClN3O4S2/c1-14-5-6-15(2)18(12-14)22(31)20-21(19-4-3-11-34-19)30(24(33)23(20)32)25-28-29-26(36-25)35-13-16-7-9-17(27)10-8-16/h3-12,21,31H,13H2,1-2H3. The molecule has 1 aliphatic heterocycles. The van der Waals surface area contributed by atoms with Crippen LogP contribution in [0.3, 0.4) is 0 Å². The largest absolute Gasteiger partial charge is 0.507 e. The molecule has 4 aromatic rings. The molecule has 0 bridgehead atoms. The number of thioether (sulfide) groups is 1. The van der Waals surface area contributed by atoms with E-state index in [1.165, 1.54) is 34.3 Å². The Morgan fingerprint density at radius 2 is 1.92 bits per heavy atom. The van der Waals surface area contributed by atoms with Crippen molar-refractivity contribution in [2.45, 2.75) is 30.0 Å². The van der Waals surface area contributed by atoms with Gasteiger partial charge in [-0.2, -0.15) is 0 Å². The molecular formula is C26H20ClN3O4S2. The molecule has 1 atom stereocenters. The normalized spacial score (nSPS) is 17.2. The topological polar surface area (TPSA) is 96.5 Å². The van der Waals surface area contributed by atoms with Crippen LogP contribution in [0, 0.1) is 13.8 Å². The molecule has 0 spiro atoms. The smallest absolute Gasteiger partial charge is 0.302 e. The summed E-state index contributed by atoms with van der Waals surface area (Å²) in [6.07, 6.45) is 1.46. The third-order valence-corrected chi connectivity index (χ3v) is 8.16. The number of hydrogen-bond acceptors (Lipinski definition) is 8. The van der Waals surface area contributed by atoms with Crippen molar-refractivity contribution in [2.24, 2.45) is 0 Å². The van der Waals surface area contributed by atoms with Gasteiger partial charge in [0, 0.05) is 16.3 Å². The molecule has 1 saturated heterocycles. The molecule has 0 aliphatic carbocycles. The lowest BCUT2D eigenvalue weighted by Crippen LogP contribution is -2.29. The van der Waals surface area contributed by atoms with Gasteiger partial charge in [-0.05, 0) is 55.3 Å². The number of nitrogens with zero attached hydrogens (tertiary/aromatic N) is 3. The van der Waals surface area contributed by atoms with E-state index in [9.17, 15) is 14.7 Å². The van der Waals surface area contributed by atoms with Gasteiger partial charge in [0.05, 0.1) is 11.8 Å². The summed E-state index contributed by atoms with van der Waals surface area (Å²) >= 11 is 8.61. The molecule has 10 heteroatoms. The van der Waals surface area contributed by atoms with Crippen LogP contribution < -0.4 is 4.90 Å². The van der Waals surface area contributed by atoms with E-state index in [1.54, 1.807) is 18.2 Å². The summed E-state index contributed by atoms with van der Waals surface area (Å²) in [7, 11) is 0. The van der Waals surface area contributed by atoms with Gasteiger partial charge in [0.15, 0.2) is 4.34 Å². The third-order valence-electron chi connectivity index (χ3n) is 5.78. The fourth-order valence-electron chi connectivity index (χ4n) is 3.97. The summed E-state index contributed by atoms with van der Waals surface area (Å²) in [5, 5.41) is 20.6. The summed E-state index contributed by atoms with van der Waals surface area (Å²) < 4.78 is 6.24. The van der Waals surface area contributed by atoms with E-state index in [0.29, 0.717) is 26.4 Å². The highest BCUT2D eigenvalue weighted by Crippen LogP contribution is 2.44. The summed E-state index contributed by atoms with van der Waals surface area (Å²) in [5.41, 5.74) is 3.19. The molecule has 1 unspecified atom stereocenters. The molecule has 0 radical (unpaired) electrons. The van der Waals surface area contributed by atoms with Crippen LogP contribution in [0.25, 0.3) is 5.76 Å². The maximum Gasteiger partial charge on any atom is 0.302 e. The Bertz CT molecular complexity index is 1480. The maximum absolute atomic E-state index is 13.2. The van der Waals surface area contributed by atoms with Crippen molar-refractivity contribution < 1.29 is 19.1 Å². The Morgan fingerprint density at radius 3 is 2.64 bits per heavy atom. The number of amides is 1. The Morgan fingerprint density at radius 1 is 1.14 bits per heavy atom. The zero-order chi connectivity index (χ0) is 25.4. The molecule has 0 saturated carbocycles. The summed E-state index contributed by atoms with van der Waals surface area (Å²) in [5.74, 6) is -0.875. The van der Waals surface area contributed by atoms with E-state index in [0.717, 1.165) is 16.7 Å². The molecule has 1 N–H and O–H groups in total. The quantitative estimate of drug-likeness (QED) is 0.101. The lowest BCUT2D eigenvalue weighted by molar-refractivity contribution is -0.132. The highest BCUT2D eigenvalue weighted by atomic mass is 35.5. The first-order valence-corrected chi connectivity index (χ1v) is 13.1. The number of Topliss-reactive ketones (excluding diaryl/α,β-unsaturated/α-hetero) is 1. The van der Waals surface area contributed by atoms with Crippen molar-refractivity contribution in [3.05, 3.63) is 99.5 Å². The summed E-state index contributed by atoms with van der Waals surface area (Å²) in [6.45, 7) is 3.73. The minimum Gasteiger partial charge on any atom is -0.507 e. The van der Waals surface area contributed by atoms with Crippen LogP contribution in [0.4, 0.5) is 5.13 Å². The number of carbonyl (C=O) groups is 2. The van der Waals surface area contributed by atoms with Gasteiger partial charge in [-0.3, -0.25) is 14.5 Å². The highest BCUT2D eigenvalue weighted by molar-refractivity contribution is 8.00. The molecule has 5 rings (SSSR count). The summed E-state index contributed by atoms with van der Waals surface area (Å²) in [4.78, 5) is 27.7. The molecule has 182 valence electrons. The van der Waals surface area contributed by atoms with Crippen molar-refractivity contribution in [3.63, 3.8) is 0 Å². The molecule has 1 aliphatic rings. The molecular weight excluding hydrogens is 518 g/mol. The predicted molar refractivity (Wildman–Crippen MR) is 140 cm³/mol. The number of rotatable bonds is 6. The van der Waals surface area contributed by atoms with Gasteiger partial charge in [0.25, 0.3) is 5.78 Å². The zero-order valence-corrected chi connectivity index (χ0v) is 21.7. The van der Waals surface area contributed by atoms with Crippen molar-refractivity contribution in [1.29, 1.82) is 0 Å². The maximum atomic E-state index is 13.2. The van der Waals surface area contributed by atoms with Crippen molar-refractivity contribution >= 4 is 57.3 Å². The second-order valence-electron chi connectivity index (χ2n) is 8.27. The minimum absolute atomic E-state index is 0.0470. The van der Waals surface area contributed by atoms with E-state index in [4.69, 9.17) is 16.0 Å². The number of furan rings is 1. The van der Waals surface area contributed by atoms with E-state index in [2.05, 4.69) is 10.2 Å². The minimum atomic E-state index is -0.970. The Balaban J connectivity index is 1.52. The Hall–Kier alpha value is -3.40. The molecule has 1 fully saturated rings. The van der Waals surface area contributed by atoms with E-state index in [1.807, 2.05) is 50.2 Å². The molecule has 1 amide bonds. The molecule has 3 heterocycles. The Kier molecular flexibility index (Phi) is 6.70. The van der Waals surface area contributed by atoms with E-state index < -0.39 is 17.7 Å². The fourth-order valence-corrected chi connectivity index (χ4v) is 5.92. The average Bonchev–Trinajstić information content (AvgIpc) is 3.61. The number of aryl methyl sites for hydroxylation is 2. The van der Waals surface area contributed by atoms with Crippen molar-refractivity contribution in [1.82, 2.24) is 10.2 Å². The second kappa shape index (κ2) is 9.93. The molecule has 7 nitrogen and oxygen atoms in total. The molecule has 2 aromatic carbocycles. The number of aromatic nitrogens is 2. The van der Waals surface area contributed by atoms with Gasteiger partial charge in [0.1, 0.15) is 17.6 Å². The van der Waals surface area contributed by atoms with Crippen LogP contribution in [0.15, 0.2) is 75.2 Å². The third kappa shape index (κ3) is 4.57. The number of carbonyl (C=O) groups excluding carboxylic acids is 2. The number of hydrogen-bond donors (Lipinski definition) is 1. The van der Waals surface area contributed by atoms with Gasteiger partial charge >= 0.3 is 5.91 Å². The number of ketones is 1. The van der Waals surface area contributed by atoms with E-state index in [-0.39, 0.29) is 16.5 Å². The van der Waals surface area contributed by atoms with Crippen LogP contribution in [0.1, 0.15) is 34.1 Å². The lowest BCUT2D eigenvalue weighted by Gasteiger charge is -2.20. The van der Waals surface area contributed by atoms with Crippen LogP contribution in [-0.4, -0.2) is 27.0 Å². The Labute approximate surface area is 220 Å². The number of aliphatic hydroxyl groups is 1. The van der Waals surface area contributed by atoms with Crippen LogP contribution >= 0.6 is 34.7 Å². The number of benzene rings is 2. The van der Waals surface area contributed by atoms with Crippen LogP contribution in [0.5, 0.6) is 0 Å². The first-order chi connectivity index (χ1) is 17.3. The van der Waals surface area contributed by atoms with Gasteiger partial charge in [-0.1, -0.05) is 64.5 Å². The van der Waals surface area contributed by atoms with Crippen LogP contribution in [0.2, 0.25) is 5.02 Å². The average molecular weight is 538 g/mol. The first-order valence-electron chi connectivity index (χ1n) is 11.0. The van der Waals surface area contributed by atoms with Gasteiger partial charge in [-0.15, -0.1) is 10.2 Å². The van der Waals surface area contributed by atoms with Gasteiger partial charge in [-0.25, -0.2) is 0 Å². The van der Waals surface area contributed by atoms with Gasteiger partial charge < -0.3 is 9.52 Å². The lowest BCUT2D eigenvalue weighted by atomic mass is 9.96. The molecule has 36 heavy (non-hydrogen) atoms. The van der Waals surface area contributed by atoms with Crippen molar-refractivity contribution in [2.75, 3.05) is 4.90 Å². The number of aliphatic hydroxyl groups excluding tert-OH is 1. The monoisotopic (exact) mass is 537 g/mol. The van der Waals surface area contributed by atoms with E-state index >= 15 is 0 Å². The first kappa shape index (κ1) is 24.3. The second-order valence-corrected chi connectivity index (χ2v) is 10.9.